The lowest BCUT2D eigenvalue weighted by Crippen LogP contribution is -2.15. The van der Waals surface area contributed by atoms with E-state index < -0.39 is 5.82 Å². The van der Waals surface area contributed by atoms with E-state index in [2.05, 4.69) is 5.32 Å². The summed E-state index contributed by atoms with van der Waals surface area (Å²) in [4.78, 5) is 13.1. The zero-order valence-corrected chi connectivity index (χ0v) is 14.4. The predicted molar refractivity (Wildman–Crippen MR) is 98.1 cm³/mol. The number of rotatable bonds is 6. The summed E-state index contributed by atoms with van der Waals surface area (Å²) in [7, 11) is 1.60. The van der Waals surface area contributed by atoms with Crippen LogP contribution in [0.5, 0.6) is 5.75 Å². The van der Waals surface area contributed by atoms with Crippen molar-refractivity contribution in [3.63, 3.8) is 0 Å². The Morgan fingerprint density at radius 1 is 1.16 bits per heavy atom. The lowest BCUT2D eigenvalue weighted by Gasteiger charge is -2.10. The molecule has 1 N–H and O–H groups in total. The highest BCUT2D eigenvalue weighted by Gasteiger charge is 2.09. The van der Waals surface area contributed by atoms with Crippen molar-refractivity contribution in [3.8, 4) is 11.4 Å². The number of methoxy groups -OCH3 is 1. The number of anilines is 1. The van der Waals surface area contributed by atoms with Crippen LogP contribution in [0.25, 0.3) is 5.69 Å². The maximum absolute atomic E-state index is 14.0. The van der Waals surface area contributed by atoms with Crippen molar-refractivity contribution >= 4 is 23.4 Å². The van der Waals surface area contributed by atoms with Gasteiger partial charge in [0.2, 0.25) is 5.91 Å². The minimum absolute atomic E-state index is 0.173. The van der Waals surface area contributed by atoms with E-state index in [-0.39, 0.29) is 17.3 Å². The highest BCUT2D eigenvalue weighted by Crippen LogP contribution is 2.23. The first-order valence-corrected chi connectivity index (χ1v) is 8.64. The van der Waals surface area contributed by atoms with Crippen LogP contribution in [-0.4, -0.2) is 23.3 Å². The predicted octanol–water partition coefficient (Wildman–Crippen LogP) is 4.36. The molecule has 0 atom stereocenters. The Labute approximate surface area is 149 Å². The summed E-state index contributed by atoms with van der Waals surface area (Å²) >= 11 is 1.38. The van der Waals surface area contributed by atoms with Gasteiger partial charge in [-0.15, -0.1) is 11.8 Å². The van der Waals surface area contributed by atoms with Crippen molar-refractivity contribution in [3.05, 3.63) is 72.8 Å². The third-order valence-electron chi connectivity index (χ3n) is 3.56. The van der Waals surface area contributed by atoms with Gasteiger partial charge in [0.25, 0.3) is 0 Å². The summed E-state index contributed by atoms with van der Waals surface area (Å²) in [6.07, 6.45) is 3.72. The second kappa shape index (κ2) is 7.90. The summed E-state index contributed by atoms with van der Waals surface area (Å²) in [5.74, 6) is 0.236. The molecule has 0 aliphatic heterocycles. The summed E-state index contributed by atoms with van der Waals surface area (Å²) in [6, 6.07) is 15.8. The maximum atomic E-state index is 14.0. The highest BCUT2D eigenvalue weighted by atomic mass is 32.2. The van der Waals surface area contributed by atoms with Crippen LogP contribution in [-0.2, 0) is 4.79 Å². The molecule has 0 saturated carbocycles. The molecule has 128 valence electrons. The molecule has 25 heavy (non-hydrogen) atoms. The molecule has 0 fully saturated rings. The average molecular weight is 356 g/mol. The van der Waals surface area contributed by atoms with E-state index in [1.807, 2.05) is 53.4 Å². The largest absolute Gasteiger partial charge is 0.497 e. The van der Waals surface area contributed by atoms with E-state index in [4.69, 9.17) is 4.74 Å². The van der Waals surface area contributed by atoms with E-state index in [1.54, 1.807) is 19.2 Å². The molecule has 0 radical (unpaired) electrons. The van der Waals surface area contributed by atoms with Gasteiger partial charge in [-0.2, -0.15) is 0 Å². The normalized spacial score (nSPS) is 10.5. The molecule has 0 saturated heterocycles. The molecular formula is C19H17FN2O2S. The van der Waals surface area contributed by atoms with Crippen molar-refractivity contribution in [1.29, 1.82) is 0 Å². The van der Waals surface area contributed by atoms with E-state index in [1.165, 1.54) is 17.8 Å². The first kappa shape index (κ1) is 17.1. The molecule has 0 bridgehead atoms. The number of carbonyl (C=O) groups is 1. The smallest absolute Gasteiger partial charge is 0.234 e. The zero-order chi connectivity index (χ0) is 17.6. The SMILES string of the molecule is COc1ccc(SCC(=O)Nc2cc(-n3cccc3)ccc2F)cc1. The van der Waals surface area contributed by atoms with Gasteiger partial charge >= 0.3 is 0 Å². The molecule has 0 spiro atoms. The van der Waals surface area contributed by atoms with E-state index in [9.17, 15) is 9.18 Å². The van der Waals surface area contributed by atoms with Crippen LogP contribution in [0, 0.1) is 5.82 Å². The Bertz CT molecular complexity index is 848. The fourth-order valence-electron chi connectivity index (χ4n) is 2.28. The first-order chi connectivity index (χ1) is 12.2. The number of aromatic nitrogens is 1. The number of nitrogens with zero attached hydrogens (tertiary/aromatic N) is 1. The topological polar surface area (TPSA) is 43.3 Å². The van der Waals surface area contributed by atoms with Crippen LogP contribution >= 0.6 is 11.8 Å². The molecule has 6 heteroatoms. The second-order valence-electron chi connectivity index (χ2n) is 5.27. The van der Waals surface area contributed by atoms with Crippen LogP contribution in [0.1, 0.15) is 0 Å². The third kappa shape index (κ3) is 4.42. The van der Waals surface area contributed by atoms with Crippen LogP contribution in [0.3, 0.4) is 0 Å². The quantitative estimate of drug-likeness (QED) is 0.668. The zero-order valence-electron chi connectivity index (χ0n) is 13.6. The Morgan fingerprint density at radius 3 is 2.56 bits per heavy atom. The van der Waals surface area contributed by atoms with Gasteiger partial charge in [0.1, 0.15) is 11.6 Å². The number of hydrogen-bond donors (Lipinski definition) is 1. The lowest BCUT2D eigenvalue weighted by atomic mass is 10.2. The standard InChI is InChI=1S/C19H17FN2O2S/c1-24-15-5-7-16(8-6-15)25-13-19(23)21-18-12-14(4-9-17(18)20)22-10-2-3-11-22/h2-12H,13H2,1H3,(H,21,23). The minimum atomic E-state index is -0.460. The number of thioether (sulfide) groups is 1. The number of ether oxygens (including phenoxy) is 1. The molecule has 3 rings (SSSR count). The van der Waals surface area contributed by atoms with Crippen molar-refractivity contribution < 1.29 is 13.9 Å². The third-order valence-corrected chi connectivity index (χ3v) is 4.57. The highest BCUT2D eigenvalue weighted by molar-refractivity contribution is 8.00. The van der Waals surface area contributed by atoms with Gasteiger partial charge in [-0.25, -0.2) is 4.39 Å². The number of benzene rings is 2. The first-order valence-electron chi connectivity index (χ1n) is 7.65. The molecule has 0 aliphatic carbocycles. The number of hydrogen-bond acceptors (Lipinski definition) is 3. The summed E-state index contributed by atoms with van der Waals surface area (Å²) in [6.45, 7) is 0. The molecule has 2 aromatic carbocycles. The summed E-state index contributed by atoms with van der Waals surface area (Å²) in [5, 5.41) is 2.63. The molecule has 0 unspecified atom stereocenters. The van der Waals surface area contributed by atoms with Crippen LogP contribution in [0.15, 0.2) is 71.9 Å². The van der Waals surface area contributed by atoms with Crippen molar-refractivity contribution in [2.24, 2.45) is 0 Å². The minimum Gasteiger partial charge on any atom is -0.497 e. The number of nitrogens with one attached hydrogen (secondary N) is 1. The molecule has 1 amide bonds. The Kier molecular flexibility index (Phi) is 5.40. The number of halogens is 1. The van der Waals surface area contributed by atoms with Crippen LogP contribution in [0.2, 0.25) is 0 Å². The molecular weight excluding hydrogens is 339 g/mol. The Balaban J connectivity index is 1.63. The molecule has 4 nitrogen and oxygen atoms in total. The monoisotopic (exact) mass is 356 g/mol. The van der Waals surface area contributed by atoms with Gasteiger partial charge in [0, 0.05) is 23.0 Å². The number of amides is 1. The van der Waals surface area contributed by atoms with Crippen molar-refractivity contribution in [2.75, 3.05) is 18.2 Å². The maximum Gasteiger partial charge on any atom is 0.234 e. The van der Waals surface area contributed by atoms with Gasteiger partial charge in [-0.1, -0.05) is 0 Å². The summed E-state index contributed by atoms with van der Waals surface area (Å²) < 4.78 is 20.9. The molecule has 3 aromatic rings. The van der Waals surface area contributed by atoms with E-state index >= 15 is 0 Å². The summed E-state index contributed by atoms with van der Waals surface area (Å²) in [5.41, 5.74) is 0.955. The molecule has 0 aliphatic rings. The fraction of sp³-hybridized carbons (Fsp3) is 0.105. The lowest BCUT2D eigenvalue weighted by molar-refractivity contribution is -0.113. The fourth-order valence-corrected chi connectivity index (χ4v) is 2.98. The van der Waals surface area contributed by atoms with E-state index in [0.717, 1.165) is 16.3 Å². The Morgan fingerprint density at radius 2 is 1.88 bits per heavy atom. The van der Waals surface area contributed by atoms with Gasteiger partial charge in [0.15, 0.2) is 0 Å². The van der Waals surface area contributed by atoms with Gasteiger partial charge in [-0.3, -0.25) is 4.79 Å². The van der Waals surface area contributed by atoms with Crippen LogP contribution in [0.4, 0.5) is 10.1 Å². The van der Waals surface area contributed by atoms with Crippen molar-refractivity contribution in [2.45, 2.75) is 4.90 Å². The van der Waals surface area contributed by atoms with E-state index in [0.29, 0.717) is 0 Å². The van der Waals surface area contributed by atoms with Gasteiger partial charge in [0.05, 0.1) is 18.6 Å². The Hall–Kier alpha value is -2.73. The van der Waals surface area contributed by atoms with Gasteiger partial charge in [-0.05, 0) is 54.6 Å². The van der Waals surface area contributed by atoms with Crippen molar-refractivity contribution in [1.82, 2.24) is 4.57 Å². The van der Waals surface area contributed by atoms with Gasteiger partial charge < -0.3 is 14.6 Å². The average Bonchev–Trinajstić information content (AvgIpc) is 3.17. The second-order valence-corrected chi connectivity index (χ2v) is 6.32. The molecule has 1 aromatic heterocycles. The molecule has 1 heterocycles. The van der Waals surface area contributed by atoms with Crippen LogP contribution < -0.4 is 10.1 Å². The number of carbonyl (C=O) groups excluding carboxylic acids is 1.